The minimum absolute atomic E-state index is 0.166. The molecule has 0 aliphatic heterocycles. The summed E-state index contributed by atoms with van der Waals surface area (Å²) in [5.41, 5.74) is 0.238. The molecule has 5 heteroatoms. The average molecular weight is 196 g/mol. The molecule has 0 atom stereocenters. The molecule has 0 saturated heterocycles. The number of hydrogen-bond donors (Lipinski definition) is 1. The third-order valence-electron chi connectivity index (χ3n) is 2.27. The molecule has 0 radical (unpaired) electrons. The van der Waals surface area contributed by atoms with Gasteiger partial charge in [-0.05, 0) is 19.8 Å². The van der Waals surface area contributed by atoms with E-state index in [4.69, 9.17) is 5.21 Å². The van der Waals surface area contributed by atoms with Gasteiger partial charge in [-0.3, -0.25) is 0 Å². The zero-order valence-electron chi connectivity index (χ0n) is 8.97. The van der Waals surface area contributed by atoms with Crippen molar-refractivity contribution >= 4 is 5.71 Å². The molecular formula is C9H16N4O. The molecule has 0 aromatic carbocycles. The third-order valence-corrected chi connectivity index (χ3v) is 2.27. The SMILES string of the molecule is CC(C)/C(=N\O)C(C)(C)n1cncn1. The molecular weight excluding hydrogens is 180 g/mol. The first-order chi connectivity index (χ1) is 6.50. The predicted molar refractivity (Wildman–Crippen MR) is 53.4 cm³/mol. The van der Waals surface area contributed by atoms with Gasteiger partial charge >= 0.3 is 0 Å². The Labute approximate surface area is 83.5 Å². The van der Waals surface area contributed by atoms with Gasteiger partial charge in [-0.25, -0.2) is 9.67 Å². The van der Waals surface area contributed by atoms with Gasteiger partial charge in [0.05, 0.1) is 5.71 Å². The van der Waals surface area contributed by atoms with Crippen LogP contribution in [0.25, 0.3) is 0 Å². The summed E-state index contributed by atoms with van der Waals surface area (Å²) >= 11 is 0. The second-order valence-electron chi connectivity index (χ2n) is 4.04. The summed E-state index contributed by atoms with van der Waals surface area (Å²) in [6.45, 7) is 7.84. The molecule has 1 heterocycles. The number of rotatable bonds is 3. The molecule has 0 saturated carbocycles. The smallest absolute Gasteiger partial charge is 0.137 e. The van der Waals surface area contributed by atoms with Crippen LogP contribution in [-0.2, 0) is 5.54 Å². The molecule has 5 nitrogen and oxygen atoms in total. The van der Waals surface area contributed by atoms with Crippen molar-refractivity contribution < 1.29 is 5.21 Å². The Morgan fingerprint density at radius 3 is 2.50 bits per heavy atom. The highest BCUT2D eigenvalue weighted by atomic mass is 16.4. The molecule has 78 valence electrons. The van der Waals surface area contributed by atoms with E-state index in [1.165, 1.54) is 6.33 Å². The highest BCUT2D eigenvalue weighted by Gasteiger charge is 2.30. The zero-order valence-corrected chi connectivity index (χ0v) is 8.97. The monoisotopic (exact) mass is 196 g/mol. The molecule has 0 fully saturated rings. The van der Waals surface area contributed by atoms with E-state index in [-0.39, 0.29) is 5.92 Å². The maximum atomic E-state index is 8.96. The summed E-state index contributed by atoms with van der Waals surface area (Å²) in [7, 11) is 0. The van der Waals surface area contributed by atoms with E-state index in [1.54, 1.807) is 11.0 Å². The van der Waals surface area contributed by atoms with Gasteiger partial charge in [-0.1, -0.05) is 19.0 Å². The van der Waals surface area contributed by atoms with Crippen molar-refractivity contribution in [1.82, 2.24) is 14.8 Å². The largest absolute Gasteiger partial charge is 0.411 e. The number of nitrogens with zero attached hydrogens (tertiary/aromatic N) is 4. The maximum absolute atomic E-state index is 8.96. The average Bonchev–Trinajstić information content (AvgIpc) is 2.55. The van der Waals surface area contributed by atoms with Gasteiger partial charge in [0.15, 0.2) is 0 Å². The maximum Gasteiger partial charge on any atom is 0.137 e. The summed E-state index contributed by atoms with van der Waals surface area (Å²) in [5, 5.41) is 16.4. The van der Waals surface area contributed by atoms with E-state index in [0.29, 0.717) is 5.71 Å². The molecule has 0 bridgehead atoms. The first kappa shape index (κ1) is 10.7. The summed E-state index contributed by atoms with van der Waals surface area (Å²) in [5.74, 6) is 0.166. The van der Waals surface area contributed by atoms with Crippen LogP contribution >= 0.6 is 0 Å². The lowest BCUT2D eigenvalue weighted by molar-refractivity contribution is 0.299. The summed E-state index contributed by atoms with van der Waals surface area (Å²) < 4.78 is 1.68. The first-order valence-electron chi connectivity index (χ1n) is 4.57. The predicted octanol–water partition coefficient (Wildman–Crippen LogP) is 1.50. The van der Waals surface area contributed by atoms with Gasteiger partial charge in [-0.2, -0.15) is 5.10 Å². The van der Waals surface area contributed by atoms with Crippen molar-refractivity contribution in [2.75, 3.05) is 0 Å². The van der Waals surface area contributed by atoms with Crippen molar-refractivity contribution in [3.05, 3.63) is 12.7 Å². The van der Waals surface area contributed by atoms with E-state index in [2.05, 4.69) is 15.2 Å². The van der Waals surface area contributed by atoms with Crippen LogP contribution in [-0.4, -0.2) is 25.7 Å². The molecule has 0 amide bonds. The number of hydrogen-bond acceptors (Lipinski definition) is 4. The highest BCUT2D eigenvalue weighted by Crippen LogP contribution is 2.20. The quantitative estimate of drug-likeness (QED) is 0.452. The Hall–Kier alpha value is -1.39. The molecule has 0 aliphatic rings. The lowest BCUT2D eigenvalue weighted by Crippen LogP contribution is -2.39. The lowest BCUT2D eigenvalue weighted by Gasteiger charge is -2.27. The fourth-order valence-electron chi connectivity index (χ4n) is 1.56. The van der Waals surface area contributed by atoms with Crippen LogP contribution in [0.4, 0.5) is 0 Å². The van der Waals surface area contributed by atoms with E-state index >= 15 is 0 Å². The molecule has 1 N–H and O–H groups in total. The lowest BCUT2D eigenvalue weighted by atomic mass is 9.90. The third kappa shape index (κ3) is 1.76. The Kier molecular flexibility index (Phi) is 2.88. The molecule has 0 aliphatic carbocycles. The van der Waals surface area contributed by atoms with Gasteiger partial charge in [-0.15, -0.1) is 0 Å². The topological polar surface area (TPSA) is 63.3 Å². The molecule has 1 aromatic rings. The standard InChI is InChI=1S/C9H16N4O/c1-7(2)8(12-14)9(3,4)13-6-10-5-11-13/h5-7,14H,1-4H3/b12-8+. The van der Waals surface area contributed by atoms with Gasteiger partial charge in [0.1, 0.15) is 18.2 Å². The number of aromatic nitrogens is 3. The minimum atomic E-state index is -0.445. The van der Waals surface area contributed by atoms with Crippen molar-refractivity contribution in [2.24, 2.45) is 11.1 Å². The molecule has 1 rings (SSSR count). The molecule has 1 aromatic heterocycles. The second-order valence-corrected chi connectivity index (χ2v) is 4.04. The Morgan fingerprint density at radius 1 is 1.50 bits per heavy atom. The second kappa shape index (κ2) is 3.77. The van der Waals surface area contributed by atoms with Crippen LogP contribution in [0.3, 0.4) is 0 Å². The van der Waals surface area contributed by atoms with Crippen LogP contribution in [0.1, 0.15) is 27.7 Å². The van der Waals surface area contributed by atoms with E-state index in [9.17, 15) is 0 Å². The highest BCUT2D eigenvalue weighted by molar-refractivity contribution is 5.92. The summed E-state index contributed by atoms with van der Waals surface area (Å²) in [6.07, 6.45) is 3.09. The van der Waals surface area contributed by atoms with Gasteiger partial charge in [0.2, 0.25) is 0 Å². The molecule has 14 heavy (non-hydrogen) atoms. The van der Waals surface area contributed by atoms with Crippen LogP contribution in [0.5, 0.6) is 0 Å². The van der Waals surface area contributed by atoms with Crippen LogP contribution in [0.2, 0.25) is 0 Å². The Balaban J connectivity index is 3.06. The Bertz CT molecular complexity index is 314. The minimum Gasteiger partial charge on any atom is -0.411 e. The van der Waals surface area contributed by atoms with Gasteiger partial charge in [0, 0.05) is 0 Å². The summed E-state index contributed by atoms with van der Waals surface area (Å²) in [6, 6.07) is 0. The van der Waals surface area contributed by atoms with Crippen molar-refractivity contribution in [3.63, 3.8) is 0 Å². The Morgan fingerprint density at radius 2 is 2.14 bits per heavy atom. The zero-order chi connectivity index (χ0) is 10.8. The van der Waals surface area contributed by atoms with Crippen molar-refractivity contribution in [2.45, 2.75) is 33.2 Å². The van der Waals surface area contributed by atoms with Crippen molar-refractivity contribution in [1.29, 1.82) is 0 Å². The first-order valence-corrected chi connectivity index (χ1v) is 4.57. The van der Waals surface area contributed by atoms with Gasteiger partial charge < -0.3 is 5.21 Å². The summed E-state index contributed by atoms with van der Waals surface area (Å²) in [4.78, 5) is 3.88. The van der Waals surface area contributed by atoms with Crippen LogP contribution in [0.15, 0.2) is 17.8 Å². The normalized spacial score (nSPS) is 13.6. The van der Waals surface area contributed by atoms with E-state index < -0.39 is 5.54 Å². The fraction of sp³-hybridized carbons (Fsp3) is 0.667. The van der Waals surface area contributed by atoms with Crippen LogP contribution in [0, 0.1) is 5.92 Å². The van der Waals surface area contributed by atoms with Gasteiger partial charge in [0.25, 0.3) is 0 Å². The number of oxime groups is 1. The van der Waals surface area contributed by atoms with Crippen molar-refractivity contribution in [3.8, 4) is 0 Å². The van der Waals surface area contributed by atoms with E-state index in [0.717, 1.165) is 0 Å². The molecule has 0 unspecified atom stereocenters. The van der Waals surface area contributed by atoms with E-state index in [1.807, 2.05) is 27.7 Å². The van der Waals surface area contributed by atoms with Crippen LogP contribution < -0.4 is 0 Å². The fourth-order valence-corrected chi connectivity index (χ4v) is 1.56. The molecule has 0 spiro atoms.